The summed E-state index contributed by atoms with van der Waals surface area (Å²) in [5.41, 5.74) is 3.37. The maximum Gasteiger partial charge on any atom is 0.125 e. The smallest absolute Gasteiger partial charge is 0.125 e. The molecule has 0 saturated heterocycles. The van der Waals surface area contributed by atoms with E-state index in [0.717, 1.165) is 24.2 Å². The molecular formula is C24H37N3O. The molecular weight excluding hydrogens is 346 g/mol. The van der Waals surface area contributed by atoms with Crippen LogP contribution < -0.4 is 10.1 Å². The van der Waals surface area contributed by atoms with E-state index in [1.165, 1.54) is 68.4 Å². The van der Waals surface area contributed by atoms with E-state index in [1.54, 1.807) is 0 Å². The standard InChI is InChI=1S/C24H37N3O/c1-5-7-13-27(14-8-6-2)15-9-11-25-21-10-12-26-22-17-23-19(16-20(21)22)18-24(3,4)28-23/h10,12,16-17H,5-9,11,13-15,18H2,1-4H3,(H,25,26). The quantitative estimate of drug-likeness (QED) is 0.509. The second kappa shape index (κ2) is 9.60. The predicted octanol–water partition coefficient (Wildman–Crippen LogP) is 5.65. The largest absolute Gasteiger partial charge is 0.487 e. The summed E-state index contributed by atoms with van der Waals surface area (Å²) in [7, 11) is 0. The third-order valence-electron chi connectivity index (χ3n) is 5.55. The van der Waals surface area contributed by atoms with E-state index >= 15 is 0 Å². The first-order valence-corrected chi connectivity index (χ1v) is 11.1. The molecule has 28 heavy (non-hydrogen) atoms. The van der Waals surface area contributed by atoms with Crippen molar-refractivity contribution in [2.24, 2.45) is 0 Å². The number of ether oxygens (including phenoxy) is 1. The number of fused-ring (bicyclic) bond motifs is 2. The first-order chi connectivity index (χ1) is 13.5. The number of hydrogen-bond donors (Lipinski definition) is 1. The van der Waals surface area contributed by atoms with E-state index in [0.29, 0.717) is 0 Å². The van der Waals surface area contributed by atoms with E-state index in [-0.39, 0.29) is 5.60 Å². The molecule has 4 heteroatoms. The first kappa shape index (κ1) is 20.9. The Morgan fingerprint density at radius 2 is 1.79 bits per heavy atom. The Hall–Kier alpha value is -1.81. The fraction of sp³-hybridized carbons (Fsp3) is 0.625. The number of rotatable bonds is 11. The molecule has 0 amide bonds. The highest BCUT2D eigenvalue weighted by atomic mass is 16.5. The van der Waals surface area contributed by atoms with Gasteiger partial charge in [-0.15, -0.1) is 0 Å². The van der Waals surface area contributed by atoms with Crippen molar-refractivity contribution in [2.45, 2.75) is 71.8 Å². The van der Waals surface area contributed by atoms with Gasteiger partial charge in [-0.25, -0.2) is 0 Å². The van der Waals surface area contributed by atoms with Gasteiger partial charge >= 0.3 is 0 Å². The van der Waals surface area contributed by atoms with Crippen LogP contribution in [0.3, 0.4) is 0 Å². The Labute approximate surface area is 170 Å². The van der Waals surface area contributed by atoms with Gasteiger partial charge in [0.25, 0.3) is 0 Å². The Morgan fingerprint density at radius 1 is 1.07 bits per heavy atom. The number of nitrogens with zero attached hydrogens (tertiary/aromatic N) is 2. The summed E-state index contributed by atoms with van der Waals surface area (Å²) in [5.74, 6) is 0.990. The summed E-state index contributed by atoms with van der Waals surface area (Å²) in [6.07, 6.45) is 9.16. The number of aromatic nitrogens is 1. The molecule has 2 aromatic rings. The summed E-state index contributed by atoms with van der Waals surface area (Å²) < 4.78 is 6.07. The van der Waals surface area contributed by atoms with Crippen LogP contribution >= 0.6 is 0 Å². The van der Waals surface area contributed by atoms with Crippen molar-refractivity contribution >= 4 is 16.6 Å². The zero-order valence-corrected chi connectivity index (χ0v) is 18.2. The van der Waals surface area contributed by atoms with Gasteiger partial charge in [-0.3, -0.25) is 4.98 Å². The van der Waals surface area contributed by atoms with E-state index in [2.05, 4.69) is 61.1 Å². The van der Waals surface area contributed by atoms with Crippen molar-refractivity contribution < 1.29 is 4.74 Å². The second-order valence-corrected chi connectivity index (χ2v) is 8.70. The molecule has 1 aliphatic rings. The molecule has 4 nitrogen and oxygen atoms in total. The molecule has 1 aliphatic heterocycles. The van der Waals surface area contributed by atoms with E-state index in [4.69, 9.17) is 4.74 Å². The summed E-state index contributed by atoms with van der Waals surface area (Å²) in [6.45, 7) is 13.5. The lowest BCUT2D eigenvalue weighted by Gasteiger charge is -2.22. The highest BCUT2D eigenvalue weighted by molar-refractivity contribution is 5.92. The average molecular weight is 384 g/mol. The van der Waals surface area contributed by atoms with Crippen molar-refractivity contribution in [3.05, 3.63) is 30.0 Å². The van der Waals surface area contributed by atoms with Crippen LogP contribution in [0.1, 0.15) is 65.4 Å². The average Bonchev–Trinajstić information content (AvgIpc) is 2.97. The molecule has 0 bridgehead atoms. The van der Waals surface area contributed by atoms with E-state index < -0.39 is 0 Å². The van der Waals surface area contributed by atoms with Gasteiger partial charge in [0.05, 0.1) is 5.52 Å². The van der Waals surface area contributed by atoms with Crippen LogP contribution in [0.25, 0.3) is 10.9 Å². The molecule has 0 fully saturated rings. The maximum atomic E-state index is 6.07. The lowest BCUT2D eigenvalue weighted by Crippen LogP contribution is -2.28. The molecule has 1 N–H and O–H groups in total. The van der Waals surface area contributed by atoms with Gasteiger partial charge < -0.3 is 15.0 Å². The van der Waals surface area contributed by atoms with Crippen LogP contribution in [-0.4, -0.2) is 41.7 Å². The van der Waals surface area contributed by atoms with Crippen molar-refractivity contribution in [2.75, 3.05) is 31.5 Å². The highest BCUT2D eigenvalue weighted by Crippen LogP contribution is 2.38. The lowest BCUT2D eigenvalue weighted by molar-refractivity contribution is 0.138. The number of nitrogens with one attached hydrogen (secondary N) is 1. The van der Waals surface area contributed by atoms with Gasteiger partial charge in [0, 0.05) is 36.3 Å². The maximum absolute atomic E-state index is 6.07. The predicted molar refractivity (Wildman–Crippen MR) is 120 cm³/mol. The zero-order chi connectivity index (χ0) is 20.0. The van der Waals surface area contributed by atoms with Crippen molar-refractivity contribution in [3.63, 3.8) is 0 Å². The van der Waals surface area contributed by atoms with Crippen molar-refractivity contribution in [1.29, 1.82) is 0 Å². The Balaban J connectivity index is 1.60. The van der Waals surface area contributed by atoms with Gasteiger partial charge in [0.15, 0.2) is 0 Å². The van der Waals surface area contributed by atoms with Crippen LogP contribution in [0.4, 0.5) is 5.69 Å². The minimum atomic E-state index is -0.117. The number of pyridine rings is 1. The summed E-state index contributed by atoms with van der Waals surface area (Å²) in [6, 6.07) is 6.47. The minimum absolute atomic E-state index is 0.117. The van der Waals surface area contributed by atoms with Crippen LogP contribution in [-0.2, 0) is 6.42 Å². The molecule has 0 spiro atoms. The first-order valence-electron chi connectivity index (χ1n) is 11.1. The number of benzene rings is 1. The zero-order valence-electron chi connectivity index (χ0n) is 18.2. The van der Waals surface area contributed by atoms with Crippen molar-refractivity contribution in [1.82, 2.24) is 9.88 Å². The summed E-state index contributed by atoms with van der Waals surface area (Å²) in [5, 5.41) is 4.86. The normalized spacial score (nSPS) is 15.0. The Kier molecular flexibility index (Phi) is 7.17. The molecule has 1 aromatic carbocycles. The lowest BCUT2D eigenvalue weighted by atomic mass is 10.00. The van der Waals surface area contributed by atoms with Gasteiger partial charge in [0.2, 0.25) is 0 Å². The Bertz CT molecular complexity index is 764. The van der Waals surface area contributed by atoms with Crippen LogP contribution in [0.15, 0.2) is 24.4 Å². The number of hydrogen-bond acceptors (Lipinski definition) is 4. The van der Waals surface area contributed by atoms with Gasteiger partial charge in [-0.1, -0.05) is 26.7 Å². The molecule has 0 saturated carbocycles. The van der Waals surface area contributed by atoms with Gasteiger partial charge in [-0.05, 0) is 70.4 Å². The number of unbranched alkanes of at least 4 members (excludes halogenated alkanes) is 2. The minimum Gasteiger partial charge on any atom is -0.487 e. The Morgan fingerprint density at radius 3 is 2.50 bits per heavy atom. The molecule has 154 valence electrons. The second-order valence-electron chi connectivity index (χ2n) is 8.70. The van der Waals surface area contributed by atoms with Crippen molar-refractivity contribution in [3.8, 4) is 5.75 Å². The fourth-order valence-electron chi connectivity index (χ4n) is 4.02. The summed E-state index contributed by atoms with van der Waals surface area (Å²) >= 11 is 0. The third-order valence-corrected chi connectivity index (χ3v) is 5.55. The van der Waals surface area contributed by atoms with Crippen LogP contribution in [0.2, 0.25) is 0 Å². The summed E-state index contributed by atoms with van der Waals surface area (Å²) in [4.78, 5) is 7.19. The molecule has 0 atom stereocenters. The molecule has 0 aliphatic carbocycles. The monoisotopic (exact) mass is 383 g/mol. The van der Waals surface area contributed by atoms with Crippen LogP contribution in [0, 0.1) is 0 Å². The van der Waals surface area contributed by atoms with Gasteiger partial charge in [0.1, 0.15) is 11.4 Å². The molecule has 0 unspecified atom stereocenters. The molecule has 2 heterocycles. The molecule has 3 rings (SSSR count). The van der Waals surface area contributed by atoms with E-state index in [1.807, 2.05) is 6.20 Å². The SMILES string of the molecule is CCCCN(CCCC)CCCNc1ccnc2cc3c(cc12)CC(C)(C)O3. The highest BCUT2D eigenvalue weighted by Gasteiger charge is 2.30. The fourth-order valence-corrected chi connectivity index (χ4v) is 4.02. The van der Waals surface area contributed by atoms with Crippen LogP contribution in [0.5, 0.6) is 5.75 Å². The molecule has 0 radical (unpaired) electrons. The topological polar surface area (TPSA) is 37.4 Å². The van der Waals surface area contributed by atoms with E-state index in [9.17, 15) is 0 Å². The number of anilines is 1. The van der Waals surface area contributed by atoms with Gasteiger partial charge in [-0.2, -0.15) is 0 Å². The molecule has 1 aromatic heterocycles. The third kappa shape index (κ3) is 5.38.